The van der Waals surface area contributed by atoms with Gasteiger partial charge in [-0.1, -0.05) is 6.07 Å². The Morgan fingerprint density at radius 1 is 1.14 bits per heavy atom. The van der Waals surface area contributed by atoms with Crippen LogP contribution in [-0.2, 0) is 14.8 Å². The fourth-order valence-electron chi connectivity index (χ4n) is 3.62. The third kappa shape index (κ3) is 6.46. The van der Waals surface area contributed by atoms with Crippen LogP contribution >= 0.6 is 0 Å². The molecule has 1 saturated heterocycles. The predicted octanol–water partition coefficient (Wildman–Crippen LogP) is 1.21. The highest BCUT2D eigenvalue weighted by Gasteiger charge is 2.29. The number of anilines is 1. The average Bonchev–Trinajstić information content (AvgIpc) is 2.58. The lowest BCUT2D eigenvalue weighted by atomic mass is 10.1. The topological polar surface area (TPSA) is 73.0 Å². The van der Waals surface area contributed by atoms with Crippen LogP contribution < -0.4 is 9.62 Å². The van der Waals surface area contributed by atoms with Crippen molar-refractivity contribution in [1.29, 1.82) is 0 Å². The van der Waals surface area contributed by atoms with Crippen molar-refractivity contribution in [2.75, 3.05) is 56.9 Å². The van der Waals surface area contributed by atoms with E-state index in [-0.39, 0.29) is 5.91 Å². The van der Waals surface area contributed by atoms with Gasteiger partial charge in [-0.15, -0.1) is 0 Å². The highest BCUT2D eigenvalue weighted by atomic mass is 32.2. The van der Waals surface area contributed by atoms with E-state index in [0.29, 0.717) is 12.2 Å². The number of benzene rings is 1. The second-order valence-corrected chi connectivity index (χ2v) is 9.73. The molecule has 1 aromatic rings. The van der Waals surface area contributed by atoms with Crippen LogP contribution in [0.1, 0.15) is 24.5 Å². The summed E-state index contributed by atoms with van der Waals surface area (Å²) in [6.07, 6.45) is 1.99. The quantitative estimate of drug-likeness (QED) is 0.652. The summed E-state index contributed by atoms with van der Waals surface area (Å²) < 4.78 is 26.0. The van der Waals surface area contributed by atoms with E-state index in [0.717, 1.165) is 56.5 Å². The minimum Gasteiger partial charge on any atom is -0.354 e. The molecule has 1 amide bonds. The second-order valence-electron chi connectivity index (χ2n) is 7.87. The Kier molecular flexibility index (Phi) is 7.86. The molecule has 7 nitrogen and oxygen atoms in total. The van der Waals surface area contributed by atoms with Gasteiger partial charge in [-0.25, -0.2) is 8.42 Å². The number of likely N-dealkylation sites (N-methyl/N-ethyl adjacent to an activating group) is 1. The van der Waals surface area contributed by atoms with Crippen molar-refractivity contribution < 1.29 is 13.2 Å². The molecule has 8 heteroatoms. The van der Waals surface area contributed by atoms with Crippen molar-refractivity contribution in [2.24, 2.45) is 0 Å². The summed E-state index contributed by atoms with van der Waals surface area (Å²) in [5.74, 6) is -0.275. The Labute approximate surface area is 169 Å². The van der Waals surface area contributed by atoms with Crippen molar-refractivity contribution >= 4 is 21.6 Å². The van der Waals surface area contributed by atoms with Crippen LogP contribution in [0, 0.1) is 13.8 Å². The summed E-state index contributed by atoms with van der Waals surface area (Å²) in [6, 6.07) is 4.77. The SMILES string of the molecule is Cc1cc(C)cc(N([C@H](C)C(=O)NCCCN2CCN(C)CC2)S(C)(=O)=O)c1. The normalized spacial score (nSPS) is 17.3. The van der Waals surface area contributed by atoms with Crippen molar-refractivity contribution in [3.05, 3.63) is 29.3 Å². The number of hydrogen-bond acceptors (Lipinski definition) is 5. The van der Waals surface area contributed by atoms with E-state index in [9.17, 15) is 13.2 Å². The van der Waals surface area contributed by atoms with Gasteiger partial charge in [0, 0.05) is 32.7 Å². The van der Waals surface area contributed by atoms with Gasteiger partial charge in [0.15, 0.2) is 0 Å². The number of carbonyl (C=O) groups is 1. The van der Waals surface area contributed by atoms with Gasteiger partial charge in [0.05, 0.1) is 11.9 Å². The molecule has 0 spiro atoms. The summed E-state index contributed by atoms with van der Waals surface area (Å²) in [7, 11) is -1.46. The number of hydrogen-bond donors (Lipinski definition) is 1. The van der Waals surface area contributed by atoms with E-state index in [1.165, 1.54) is 4.31 Å². The molecule has 1 aliphatic heterocycles. The Morgan fingerprint density at radius 3 is 2.25 bits per heavy atom. The highest BCUT2D eigenvalue weighted by Crippen LogP contribution is 2.23. The van der Waals surface area contributed by atoms with Gasteiger partial charge in [-0.3, -0.25) is 9.10 Å². The molecule has 0 unspecified atom stereocenters. The van der Waals surface area contributed by atoms with E-state index in [4.69, 9.17) is 0 Å². The average molecular weight is 411 g/mol. The molecule has 1 aliphatic rings. The molecular weight excluding hydrogens is 376 g/mol. The number of aryl methyl sites for hydroxylation is 2. The number of piperazine rings is 1. The largest absolute Gasteiger partial charge is 0.354 e. The van der Waals surface area contributed by atoms with Gasteiger partial charge < -0.3 is 15.1 Å². The monoisotopic (exact) mass is 410 g/mol. The number of rotatable bonds is 8. The maximum absolute atomic E-state index is 12.6. The standard InChI is InChI=1S/C20H34N4O3S/c1-16-13-17(2)15-19(14-16)24(28(5,26)27)18(3)20(25)21-7-6-8-23-11-9-22(4)10-12-23/h13-15,18H,6-12H2,1-5H3,(H,21,25)/t18-/m1/s1. The van der Waals surface area contributed by atoms with Crippen LogP contribution in [0.2, 0.25) is 0 Å². The zero-order valence-corrected chi connectivity index (χ0v) is 18.6. The van der Waals surface area contributed by atoms with Crippen LogP contribution in [0.3, 0.4) is 0 Å². The van der Waals surface area contributed by atoms with E-state index >= 15 is 0 Å². The smallest absolute Gasteiger partial charge is 0.243 e. The molecule has 158 valence electrons. The van der Waals surface area contributed by atoms with E-state index in [1.807, 2.05) is 19.9 Å². The van der Waals surface area contributed by atoms with Crippen LogP contribution in [-0.4, -0.2) is 82.7 Å². The lowest BCUT2D eigenvalue weighted by molar-refractivity contribution is -0.121. The minimum absolute atomic E-state index is 0.275. The van der Waals surface area contributed by atoms with E-state index < -0.39 is 16.1 Å². The lowest BCUT2D eigenvalue weighted by Crippen LogP contribution is -2.48. The van der Waals surface area contributed by atoms with Gasteiger partial charge in [-0.05, 0) is 64.0 Å². The predicted molar refractivity (Wildman–Crippen MR) is 114 cm³/mol. The summed E-state index contributed by atoms with van der Waals surface area (Å²) >= 11 is 0. The lowest BCUT2D eigenvalue weighted by Gasteiger charge is -2.32. The Hall–Kier alpha value is -1.64. The fourth-order valence-corrected chi connectivity index (χ4v) is 4.78. The molecule has 1 fully saturated rings. The minimum atomic E-state index is -3.59. The zero-order chi connectivity index (χ0) is 20.9. The third-order valence-corrected chi connectivity index (χ3v) is 6.34. The number of carbonyl (C=O) groups excluding carboxylic acids is 1. The first-order valence-electron chi connectivity index (χ1n) is 9.84. The maximum atomic E-state index is 12.6. The van der Waals surface area contributed by atoms with Crippen LogP contribution in [0.4, 0.5) is 5.69 Å². The highest BCUT2D eigenvalue weighted by molar-refractivity contribution is 7.92. The van der Waals surface area contributed by atoms with E-state index in [2.05, 4.69) is 22.2 Å². The summed E-state index contributed by atoms with van der Waals surface area (Å²) in [6.45, 7) is 11.2. The number of amides is 1. The first kappa shape index (κ1) is 22.6. The number of nitrogens with zero attached hydrogens (tertiary/aromatic N) is 3. The van der Waals surface area contributed by atoms with Crippen molar-refractivity contribution in [2.45, 2.75) is 33.2 Å². The molecule has 28 heavy (non-hydrogen) atoms. The molecule has 2 rings (SSSR count). The maximum Gasteiger partial charge on any atom is 0.243 e. The van der Waals surface area contributed by atoms with Gasteiger partial charge >= 0.3 is 0 Å². The van der Waals surface area contributed by atoms with Crippen LogP contribution in [0.15, 0.2) is 18.2 Å². The molecule has 1 heterocycles. The zero-order valence-electron chi connectivity index (χ0n) is 17.7. The van der Waals surface area contributed by atoms with Gasteiger partial charge in [0.25, 0.3) is 0 Å². The van der Waals surface area contributed by atoms with E-state index in [1.54, 1.807) is 19.1 Å². The van der Waals surface area contributed by atoms with Crippen LogP contribution in [0.5, 0.6) is 0 Å². The van der Waals surface area contributed by atoms with Crippen molar-refractivity contribution in [3.63, 3.8) is 0 Å². The van der Waals surface area contributed by atoms with Crippen molar-refractivity contribution in [3.8, 4) is 0 Å². The molecule has 0 aliphatic carbocycles. The molecule has 1 aromatic carbocycles. The van der Waals surface area contributed by atoms with Crippen molar-refractivity contribution in [1.82, 2.24) is 15.1 Å². The van der Waals surface area contributed by atoms with Gasteiger partial charge in [0.2, 0.25) is 15.9 Å². The van der Waals surface area contributed by atoms with Crippen LogP contribution in [0.25, 0.3) is 0 Å². The molecule has 0 bridgehead atoms. The summed E-state index contributed by atoms with van der Waals surface area (Å²) in [5, 5.41) is 2.90. The molecule has 1 atom stereocenters. The summed E-state index contributed by atoms with van der Waals surface area (Å²) in [5.41, 5.74) is 2.45. The fraction of sp³-hybridized carbons (Fsp3) is 0.650. The number of sulfonamides is 1. The first-order chi connectivity index (χ1) is 13.1. The van der Waals surface area contributed by atoms with Gasteiger partial charge in [0.1, 0.15) is 6.04 Å². The Bertz CT molecular complexity index is 753. The first-order valence-corrected chi connectivity index (χ1v) is 11.7. The number of nitrogens with one attached hydrogen (secondary N) is 1. The molecule has 0 radical (unpaired) electrons. The molecular formula is C20H34N4O3S. The molecule has 0 aromatic heterocycles. The third-order valence-electron chi connectivity index (χ3n) is 5.10. The molecule has 0 saturated carbocycles. The Balaban J connectivity index is 1.94. The Morgan fingerprint density at radius 2 is 1.71 bits per heavy atom. The van der Waals surface area contributed by atoms with Gasteiger partial charge in [-0.2, -0.15) is 0 Å². The second kappa shape index (κ2) is 9.71. The summed E-state index contributed by atoms with van der Waals surface area (Å²) in [4.78, 5) is 17.3. The molecule has 1 N–H and O–H groups in total.